The summed E-state index contributed by atoms with van der Waals surface area (Å²) in [6, 6.07) is 10.3. The zero-order chi connectivity index (χ0) is 15.6. The molecule has 2 heteroatoms. The largest absolute Gasteiger partial charge is 0.299 e. The van der Waals surface area contributed by atoms with E-state index in [4.69, 9.17) is 0 Å². The minimum Gasteiger partial charge on any atom is -0.299 e. The number of benzene rings is 1. The molecule has 22 heavy (non-hydrogen) atoms. The number of unbranched alkanes of at least 4 members (excludes halogenated alkanes) is 3. The summed E-state index contributed by atoms with van der Waals surface area (Å²) < 4.78 is 0. The first-order valence-electron chi connectivity index (χ1n) is 8.13. The van der Waals surface area contributed by atoms with Gasteiger partial charge in [-0.05, 0) is 23.6 Å². The topological polar surface area (TPSA) is 27.0 Å². The van der Waals surface area contributed by atoms with Crippen LogP contribution < -0.4 is 0 Å². The SMILES string of the molecule is CCCCCCN(C#N)C1C=CC=CC1=Cc1ccccc1. The Hall–Kier alpha value is -2.27. The van der Waals surface area contributed by atoms with Crippen LogP contribution in [-0.2, 0) is 0 Å². The van der Waals surface area contributed by atoms with E-state index < -0.39 is 0 Å². The molecule has 114 valence electrons. The van der Waals surface area contributed by atoms with Crippen molar-refractivity contribution in [3.8, 4) is 6.19 Å². The van der Waals surface area contributed by atoms with E-state index in [1.165, 1.54) is 30.4 Å². The van der Waals surface area contributed by atoms with Crippen molar-refractivity contribution in [2.45, 2.75) is 38.6 Å². The van der Waals surface area contributed by atoms with E-state index in [9.17, 15) is 5.26 Å². The van der Waals surface area contributed by atoms with Crippen molar-refractivity contribution in [3.63, 3.8) is 0 Å². The molecule has 0 spiro atoms. The second-order valence-electron chi connectivity index (χ2n) is 5.60. The lowest BCUT2D eigenvalue weighted by molar-refractivity contribution is 0.355. The molecule has 0 bridgehead atoms. The summed E-state index contributed by atoms with van der Waals surface area (Å²) in [6.45, 7) is 3.03. The van der Waals surface area contributed by atoms with Crippen molar-refractivity contribution in [1.82, 2.24) is 4.90 Å². The van der Waals surface area contributed by atoms with Crippen molar-refractivity contribution < 1.29 is 0 Å². The number of allylic oxidation sites excluding steroid dienone is 2. The highest BCUT2D eigenvalue weighted by molar-refractivity contribution is 5.59. The molecule has 2 nitrogen and oxygen atoms in total. The van der Waals surface area contributed by atoms with Gasteiger partial charge in [-0.15, -0.1) is 0 Å². The third-order valence-corrected chi connectivity index (χ3v) is 3.88. The first-order valence-corrected chi connectivity index (χ1v) is 8.13. The van der Waals surface area contributed by atoms with Crippen LogP contribution in [0.15, 0.2) is 60.2 Å². The molecule has 1 aromatic rings. The fourth-order valence-corrected chi connectivity index (χ4v) is 2.67. The van der Waals surface area contributed by atoms with Gasteiger partial charge in [0.15, 0.2) is 6.19 Å². The second kappa shape index (κ2) is 8.89. The number of hydrogen-bond donors (Lipinski definition) is 0. The Kier molecular flexibility index (Phi) is 6.51. The Labute approximate surface area is 134 Å². The first-order chi connectivity index (χ1) is 10.8. The van der Waals surface area contributed by atoms with Gasteiger partial charge in [0.05, 0.1) is 6.04 Å². The number of nitrogens with zero attached hydrogens (tertiary/aromatic N) is 2. The van der Waals surface area contributed by atoms with Gasteiger partial charge in [0, 0.05) is 6.54 Å². The lowest BCUT2D eigenvalue weighted by Crippen LogP contribution is -2.32. The summed E-state index contributed by atoms with van der Waals surface area (Å²) in [5, 5.41) is 9.51. The highest BCUT2D eigenvalue weighted by Gasteiger charge is 2.18. The van der Waals surface area contributed by atoms with E-state index in [1.54, 1.807) is 0 Å². The Morgan fingerprint density at radius 1 is 1.14 bits per heavy atom. The van der Waals surface area contributed by atoms with Gasteiger partial charge in [0.25, 0.3) is 0 Å². The van der Waals surface area contributed by atoms with Crippen LogP contribution in [0.3, 0.4) is 0 Å². The van der Waals surface area contributed by atoms with Crippen LogP contribution >= 0.6 is 0 Å². The molecule has 0 radical (unpaired) electrons. The predicted molar refractivity (Wildman–Crippen MR) is 92.9 cm³/mol. The molecule has 0 heterocycles. The maximum atomic E-state index is 9.51. The quantitative estimate of drug-likeness (QED) is 0.405. The average Bonchev–Trinajstić information content (AvgIpc) is 2.57. The Morgan fingerprint density at radius 2 is 1.95 bits per heavy atom. The normalized spacial score (nSPS) is 18.4. The summed E-state index contributed by atoms with van der Waals surface area (Å²) in [5.74, 6) is 0. The van der Waals surface area contributed by atoms with E-state index in [1.807, 2.05) is 35.3 Å². The van der Waals surface area contributed by atoms with Crippen molar-refractivity contribution >= 4 is 6.08 Å². The van der Waals surface area contributed by atoms with Crippen molar-refractivity contribution in [2.75, 3.05) is 6.54 Å². The maximum absolute atomic E-state index is 9.51. The van der Waals surface area contributed by atoms with Gasteiger partial charge in [0.1, 0.15) is 0 Å². The van der Waals surface area contributed by atoms with Crippen LogP contribution in [-0.4, -0.2) is 17.5 Å². The van der Waals surface area contributed by atoms with Gasteiger partial charge in [-0.25, -0.2) is 0 Å². The molecule has 2 rings (SSSR count). The van der Waals surface area contributed by atoms with Gasteiger partial charge >= 0.3 is 0 Å². The standard InChI is InChI=1S/C20H24N2/c1-2-3-4-10-15-22(17-21)20-14-9-8-13-19(20)16-18-11-6-5-7-12-18/h5-9,11-14,16,20H,2-4,10,15H2,1H3. The summed E-state index contributed by atoms with van der Waals surface area (Å²) in [6.07, 6.45) is 17.6. The van der Waals surface area contributed by atoms with E-state index in [2.05, 4.69) is 43.5 Å². The Bertz CT molecular complexity index is 575. The smallest absolute Gasteiger partial charge is 0.180 e. The third kappa shape index (κ3) is 4.63. The maximum Gasteiger partial charge on any atom is 0.180 e. The zero-order valence-corrected chi connectivity index (χ0v) is 13.3. The van der Waals surface area contributed by atoms with Crippen LogP contribution in [0.2, 0.25) is 0 Å². The van der Waals surface area contributed by atoms with E-state index in [-0.39, 0.29) is 6.04 Å². The summed E-state index contributed by atoms with van der Waals surface area (Å²) in [7, 11) is 0. The van der Waals surface area contributed by atoms with E-state index in [0.717, 1.165) is 13.0 Å². The van der Waals surface area contributed by atoms with E-state index in [0.29, 0.717) is 0 Å². The van der Waals surface area contributed by atoms with Crippen molar-refractivity contribution in [3.05, 3.63) is 65.8 Å². The molecule has 1 atom stereocenters. The molecule has 0 N–H and O–H groups in total. The van der Waals surface area contributed by atoms with Gasteiger partial charge in [-0.1, -0.05) is 80.8 Å². The van der Waals surface area contributed by atoms with Crippen molar-refractivity contribution in [2.24, 2.45) is 0 Å². The highest BCUT2D eigenvalue weighted by atomic mass is 15.1. The van der Waals surface area contributed by atoms with Gasteiger partial charge in [-0.2, -0.15) is 5.26 Å². The van der Waals surface area contributed by atoms with Crippen LogP contribution in [0.1, 0.15) is 38.2 Å². The molecule has 0 amide bonds. The van der Waals surface area contributed by atoms with Gasteiger partial charge in [-0.3, -0.25) is 4.90 Å². The average molecular weight is 292 g/mol. The molecule has 0 saturated heterocycles. The molecule has 0 aromatic heterocycles. The molecule has 1 aromatic carbocycles. The lowest BCUT2D eigenvalue weighted by atomic mass is 9.98. The minimum atomic E-state index is 0.0526. The van der Waals surface area contributed by atoms with Gasteiger partial charge in [0.2, 0.25) is 0 Å². The number of nitriles is 1. The number of hydrogen-bond acceptors (Lipinski definition) is 2. The fraction of sp³-hybridized carbons (Fsp3) is 0.350. The zero-order valence-electron chi connectivity index (χ0n) is 13.3. The molecular formula is C20H24N2. The second-order valence-corrected chi connectivity index (χ2v) is 5.60. The molecule has 1 aliphatic rings. The summed E-state index contributed by atoms with van der Waals surface area (Å²) >= 11 is 0. The summed E-state index contributed by atoms with van der Waals surface area (Å²) in [5.41, 5.74) is 2.34. The first kappa shape index (κ1) is 16.1. The van der Waals surface area contributed by atoms with E-state index >= 15 is 0 Å². The Balaban J connectivity index is 2.09. The molecule has 0 fully saturated rings. The van der Waals surface area contributed by atoms with Gasteiger partial charge < -0.3 is 0 Å². The minimum absolute atomic E-state index is 0.0526. The molecule has 0 aliphatic heterocycles. The molecule has 1 unspecified atom stereocenters. The van der Waals surface area contributed by atoms with Crippen LogP contribution in [0.4, 0.5) is 0 Å². The highest BCUT2D eigenvalue weighted by Crippen LogP contribution is 2.21. The monoisotopic (exact) mass is 292 g/mol. The third-order valence-electron chi connectivity index (χ3n) is 3.88. The fourth-order valence-electron chi connectivity index (χ4n) is 2.67. The molecule has 1 aliphatic carbocycles. The van der Waals surface area contributed by atoms with Crippen LogP contribution in [0, 0.1) is 11.5 Å². The summed E-state index contributed by atoms with van der Waals surface area (Å²) in [4.78, 5) is 1.89. The molecular weight excluding hydrogens is 268 g/mol. The van der Waals surface area contributed by atoms with Crippen LogP contribution in [0.25, 0.3) is 6.08 Å². The lowest BCUT2D eigenvalue weighted by Gasteiger charge is -2.27. The molecule has 0 saturated carbocycles. The number of rotatable bonds is 7. The predicted octanol–water partition coefficient (Wildman–Crippen LogP) is 4.93. The van der Waals surface area contributed by atoms with Crippen molar-refractivity contribution in [1.29, 1.82) is 5.26 Å². The Morgan fingerprint density at radius 3 is 2.68 bits per heavy atom. The van der Waals surface area contributed by atoms with Crippen LogP contribution in [0.5, 0.6) is 0 Å².